The van der Waals surface area contributed by atoms with Crippen molar-refractivity contribution >= 4 is 29.1 Å². The van der Waals surface area contributed by atoms with Crippen LogP contribution in [0.25, 0.3) is 0 Å². The first-order valence-corrected chi connectivity index (χ1v) is 8.76. The van der Waals surface area contributed by atoms with Crippen LogP contribution in [0, 0.1) is 0 Å². The number of anilines is 1. The number of carbonyl (C=O) groups excluding carboxylic acids is 2. The van der Waals surface area contributed by atoms with E-state index in [0.29, 0.717) is 16.5 Å². The van der Waals surface area contributed by atoms with Crippen LogP contribution in [0.15, 0.2) is 48.5 Å². The zero-order valence-electron chi connectivity index (χ0n) is 15.2. The smallest absolute Gasteiger partial charge is 0.223 e. The maximum atomic E-state index is 12.3. The van der Waals surface area contributed by atoms with Crippen molar-refractivity contribution in [1.29, 1.82) is 0 Å². The lowest BCUT2D eigenvalue weighted by atomic mass is 10.1. The van der Waals surface area contributed by atoms with Gasteiger partial charge in [-0.3, -0.25) is 9.59 Å². The Bertz CT molecular complexity index is 765. The van der Waals surface area contributed by atoms with Gasteiger partial charge in [0.05, 0.1) is 18.2 Å². The molecule has 0 heterocycles. The van der Waals surface area contributed by atoms with E-state index in [9.17, 15) is 9.59 Å². The Morgan fingerprint density at radius 3 is 2.46 bits per heavy atom. The summed E-state index contributed by atoms with van der Waals surface area (Å²) >= 11 is 6.14. The van der Waals surface area contributed by atoms with Crippen molar-refractivity contribution in [2.75, 3.05) is 18.6 Å². The first kappa shape index (κ1) is 19.8. The van der Waals surface area contributed by atoms with Crippen LogP contribution in [0.3, 0.4) is 0 Å². The van der Waals surface area contributed by atoms with E-state index in [4.69, 9.17) is 16.3 Å². The molecule has 0 spiro atoms. The SMILES string of the molecule is COc1ccc(N(CCC(=O)NC(C)c2ccccc2)C(C)=O)cc1Cl. The Labute approximate surface area is 158 Å². The van der Waals surface area contributed by atoms with Crippen LogP contribution < -0.4 is 15.0 Å². The topological polar surface area (TPSA) is 58.6 Å². The third kappa shape index (κ3) is 5.23. The average Bonchev–Trinajstić information content (AvgIpc) is 2.62. The zero-order chi connectivity index (χ0) is 19.1. The number of nitrogens with zero attached hydrogens (tertiary/aromatic N) is 1. The molecule has 0 aliphatic heterocycles. The maximum Gasteiger partial charge on any atom is 0.223 e. The molecule has 0 aromatic heterocycles. The van der Waals surface area contributed by atoms with Gasteiger partial charge in [0.15, 0.2) is 0 Å². The second kappa shape index (κ2) is 9.25. The van der Waals surface area contributed by atoms with Gasteiger partial charge in [-0.15, -0.1) is 0 Å². The molecule has 138 valence electrons. The van der Waals surface area contributed by atoms with E-state index >= 15 is 0 Å². The number of hydrogen-bond donors (Lipinski definition) is 1. The van der Waals surface area contributed by atoms with Gasteiger partial charge >= 0.3 is 0 Å². The standard InChI is InChI=1S/C20H23ClN2O3/c1-14(16-7-5-4-6-8-16)22-20(25)11-12-23(15(2)24)17-9-10-19(26-3)18(21)13-17/h4-10,13-14H,11-12H2,1-3H3,(H,22,25). The van der Waals surface area contributed by atoms with E-state index in [1.165, 1.54) is 18.9 Å². The molecule has 0 bridgehead atoms. The molecule has 0 saturated carbocycles. The van der Waals surface area contributed by atoms with Gasteiger partial charge < -0.3 is 15.0 Å². The van der Waals surface area contributed by atoms with Gasteiger partial charge in [-0.05, 0) is 30.7 Å². The Balaban J connectivity index is 1.99. The molecular weight excluding hydrogens is 352 g/mol. The molecular formula is C20H23ClN2O3. The molecule has 1 N–H and O–H groups in total. The van der Waals surface area contributed by atoms with E-state index in [2.05, 4.69) is 5.32 Å². The summed E-state index contributed by atoms with van der Waals surface area (Å²) in [5, 5.41) is 3.36. The van der Waals surface area contributed by atoms with Crippen LogP contribution in [0.5, 0.6) is 5.75 Å². The van der Waals surface area contributed by atoms with Gasteiger partial charge in [0.2, 0.25) is 11.8 Å². The molecule has 1 unspecified atom stereocenters. The molecule has 0 aliphatic rings. The third-order valence-electron chi connectivity index (χ3n) is 4.07. The Morgan fingerprint density at radius 1 is 1.19 bits per heavy atom. The number of amides is 2. The molecule has 0 aliphatic carbocycles. The lowest BCUT2D eigenvalue weighted by Gasteiger charge is -2.22. The molecule has 2 amide bonds. The van der Waals surface area contributed by atoms with E-state index in [1.54, 1.807) is 18.2 Å². The minimum atomic E-state index is -0.157. The summed E-state index contributed by atoms with van der Waals surface area (Å²) in [6.07, 6.45) is 0.195. The van der Waals surface area contributed by atoms with E-state index in [0.717, 1.165) is 5.56 Å². The molecule has 0 radical (unpaired) electrons. The second-order valence-corrected chi connectivity index (χ2v) is 6.35. The Morgan fingerprint density at radius 2 is 1.88 bits per heavy atom. The summed E-state index contributed by atoms with van der Waals surface area (Å²) in [6, 6.07) is 14.7. The number of carbonyl (C=O) groups is 2. The van der Waals surface area contributed by atoms with Gasteiger partial charge in [-0.1, -0.05) is 41.9 Å². The fourth-order valence-electron chi connectivity index (χ4n) is 2.64. The predicted molar refractivity (Wildman–Crippen MR) is 104 cm³/mol. The Hall–Kier alpha value is -2.53. The maximum absolute atomic E-state index is 12.3. The molecule has 5 nitrogen and oxygen atoms in total. The summed E-state index contributed by atoms with van der Waals surface area (Å²) in [6.45, 7) is 3.66. The van der Waals surface area contributed by atoms with Crippen molar-refractivity contribution in [2.24, 2.45) is 0 Å². The molecule has 0 saturated heterocycles. The van der Waals surface area contributed by atoms with Crippen LogP contribution in [0.4, 0.5) is 5.69 Å². The average molecular weight is 375 g/mol. The quantitative estimate of drug-likeness (QED) is 0.797. The molecule has 0 fully saturated rings. The fraction of sp³-hybridized carbons (Fsp3) is 0.300. The fourth-order valence-corrected chi connectivity index (χ4v) is 2.90. The minimum Gasteiger partial charge on any atom is -0.495 e. The van der Waals surface area contributed by atoms with Crippen molar-refractivity contribution in [2.45, 2.75) is 26.3 Å². The van der Waals surface area contributed by atoms with Crippen molar-refractivity contribution in [1.82, 2.24) is 5.32 Å². The highest BCUT2D eigenvalue weighted by molar-refractivity contribution is 6.32. The summed E-state index contributed by atoms with van der Waals surface area (Å²) in [5.74, 6) is 0.260. The monoisotopic (exact) mass is 374 g/mol. The second-order valence-electron chi connectivity index (χ2n) is 5.94. The lowest BCUT2D eigenvalue weighted by molar-refractivity contribution is -0.121. The summed E-state index contributed by atoms with van der Waals surface area (Å²) in [7, 11) is 1.53. The normalized spacial score (nSPS) is 11.5. The van der Waals surface area contributed by atoms with E-state index in [1.807, 2.05) is 37.3 Å². The summed E-state index contributed by atoms with van der Waals surface area (Å²) in [4.78, 5) is 25.8. The van der Waals surface area contributed by atoms with Crippen LogP contribution >= 0.6 is 11.6 Å². The van der Waals surface area contributed by atoms with Crippen LogP contribution in [-0.2, 0) is 9.59 Å². The number of rotatable bonds is 7. The van der Waals surface area contributed by atoms with Crippen LogP contribution in [0.1, 0.15) is 31.9 Å². The van der Waals surface area contributed by atoms with E-state index < -0.39 is 0 Å². The Kier molecular flexibility index (Phi) is 7.04. The number of methoxy groups -OCH3 is 1. The van der Waals surface area contributed by atoms with Crippen molar-refractivity contribution in [3.05, 3.63) is 59.1 Å². The molecule has 2 aromatic carbocycles. The summed E-state index contributed by atoms with van der Waals surface area (Å²) in [5.41, 5.74) is 1.67. The highest BCUT2D eigenvalue weighted by Gasteiger charge is 2.16. The van der Waals surface area contributed by atoms with Gasteiger partial charge in [-0.2, -0.15) is 0 Å². The van der Waals surface area contributed by atoms with Crippen molar-refractivity contribution in [3.63, 3.8) is 0 Å². The number of benzene rings is 2. The third-order valence-corrected chi connectivity index (χ3v) is 4.36. The van der Waals surface area contributed by atoms with Crippen molar-refractivity contribution in [3.8, 4) is 5.75 Å². The minimum absolute atomic E-state index is 0.0927. The summed E-state index contributed by atoms with van der Waals surface area (Å²) < 4.78 is 5.12. The first-order valence-electron chi connectivity index (χ1n) is 8.38. The van der Waals surface area contributed by atoms with Gasteiger partial charge in [0.1, 0.15) is 5.75 Å². The van der Waals surface area contributed by atoms with Gasteiger partial charge in [0.25, 0.3) is 0 Å². The molecule has 2 aromatic rings. The highest BCUT2D eigenvalue weighted by atomic mass is 35.5. The molecule has 26 heavy (non-hydrogen) atoms. The number of nitrogens with one attached hydrogen (secondary N) is 1. The van der Waals surface area contributed by atoms with Crippen LogP contribution in [-0.4, -0.2) is 25.5 Å². The number of hydrogen-bond acceptors (Lipinski definition) is 3. The number of ether oxygens (including phenoxy) is 1. The van der Waals surface area contributed by atoms with Gasteiger partial charge in [0, 0.05) is 25.6 Å². The zero-order valence-corrected chi connectivity index (χ0v) is 15.9. The van der Waals surface area contributed by atoms with E-state index in [-0.39, 0.29) is 30.8 Å². The van der Waals surface area contributed by atoms with Gasteiger partial charge in [-0.25, -0.2) is 0 Å². The first-order chi connectivity index (χ1) is 12.4. The largest absolute Gasteiger partial charge is 0.495 e. The highest BCUT2D eigenvalue weighted by Crippen LogP contribution is 2.29. The predicted octanol–water partition coefficient (Wildman–Crippen LogP) is 3.97. The number of halogens is 1. The lowest BCUT2D eigenvalue weighted by Crippen LogP contribution is -2.34. The molecule has 2 rings (SSSR count). The van der Waals surface area contributed by atoms with Crippen molar-refractivity contribution < 1.29 is 14.3 Å². The van der Waals surface area contributed by atoms with Crippen LogP contribution in [0.2, 0.25) is 5.02 Å². The molecule has 6 heteroatoms. The molecule has 1 atom stereocenters.